The Kier molecular flexibility index (Phi) is 4.12. The van der Waals surface area contributed by atoms with Crippen LogP contribution in [0, 0.1) is 0 Å². The fraction of sp³-hybridized carbons (Fsp3) is 0.294. The Hall–Kier alpha value is -1.67. The van der Waals surface area contributed by atoms with Crippen molar-refractivity contribution in [2.45, 2.75) is 31.8 Å². The normalized spacial score (nSPS) is 18.1. The van der Waals surface area contributed by atoms with E-state index in [2.05, 4.69) is 29.2 Å². The Morgan fingerprint density at radius 2 is 2.05 bits per heavy atom. The molecule has 1 unspecified atom stereocenters. The molecule has 1 aromatic carbocycles. The monoisotopic (exact) mass is 287 g/mol. The van der Waals surface area contributed by atoms with Gasteiger partial charge in [0.05, 0.1) is 12.8 Å². The third kappa shape index (κ3) is 3.07. The highest BCUT2D eigenvalue weighted by atomic mass is 35.5. The van der Waals surface area contributed by atoms with Gasteiger partial charge in [0.15, 0.2) is 0 Å². The summed E-state index contributed by atoms with van der Waals surface area (Å²) in [4.78, 5) is 2.38. The van der Waals surface area contributed by atoms with Gasteiger partial charge in [-0.15, -0.1) is 0 Å². The summed E-state index contributed by atoms with van der Waals surface area (Å²) < 4.78 is 5.51. The number of benzene rings is 1. The maximum atomic E-state index is 5.99. The van der Waals surface area contributed by atoms with Gasteiger partial charge in [0.1, 0.15) is 5.76 Å². The highest BCUT2D eigenvalue weighted by molar-refractivity contribution is 6.30. The van der Waals surface area contributed by atoms with Crippen molar-refractivity contribution < 1.29 is 4.42 Å². The molecule has 0 bridgehead atoms. The van der Waals surface area contributed by atoms with Gasteiger partial charge in [-0.25, -0.2) is 0 Å². The Morgan fingerprint density at radius 1 is 1.20 bits per heavy atom. The molecule has 2 nitrogen and oxygen atoms in total. The summed E-state index contributed by atoms with van der Waals surface area (Å²) in [6.45, 7) is 0.781. The predicted octanol–water partition coefficient (Wildman–Crippen LogP) is 5.05. The van der Waals surface area contributed by atoms with E-state index < -0.39 is 0 Å². The topological polar surface area (TPSA) is 16.4 Å². The van der Waals surface area contributed by atoms with Crippen molar-refractivity contribution in [2.75, 3.05) is 4.90 Å². The Labute approximate surface area is 124 Å². The van der Waals surface area contributed by atoms with E-state index in [0.717, 1.165) is 17.3 Å². The van der Waals surface area contributed by atoms with Crippen molar-refractivity contribution >= 4 is 17.3 Å². The van der Waals surface area contributed by atoms with E-state index in [1.54, 1.807) is 6.26 Å². The second-order valence-electron chi connectivity index (χ2n) is 5.11. The molecule has 0 aliphatic heterocycles. The zero-order chi connectivity index (χ0) is 13.8. The molecular formula is C17H18ClNO. The largest absolute Gasteiger partial charge is 0.467 e. The lowest BCUT2D eigenvalue weighted by Crippen LogP contribution is -2.34. The van der Waals surface area contributed by atoms with Gasteiger partial charge >= 0.3 is 0 Å². The summed E-state index contributed by atoms with van der Waals surface area (Å²) in [7, 11) is 0. The molecule has 3 rings (SSSR count). The van der Waals surface area contributed by atoms with Crippen molar-refractivity contribution in [3.8, 4) is 0 Å². The zero-order valence-corrected chi connectivity index (χ0v) is 12.1. The van der Waals surface area contributed by atoms with Crippen LogP contribution in [0.1, 0.15) is 25.0 Å². The van der Waals surface area contributed by atoms with E-state index in [4.69, 9.17) is 16.0 Å². The first-order chi connectivity index (χ1) is 9.83. The molecule has 0 spiro atoms. The Morgan fingerprint density at radius 3 is 2.70 bits per heavy atom. The van der Waals surface area contributed by atoms with Gasteiger partial charge in [-0.05, 0) is 55.7 Å². The van der Waals surface area contributed by atoms with Crippen LogP contribution in [0.3, 0.4) is 0 Å². The van der Waals surface area contributed by atoms with Gasteiger partial charge in [0, 0.05) is 16.8 Å². The number of anilines is 1. The average molecular weight is 288 g/mol. The molecule has 3 heteroatoms. The van der Waals surface area contributed by atoms with Crippen molar-refractivity contribution in [1.82, 2.24) is 0 Å². The molecule has 104 valence electrons. The summed E-state index contributed by atoms with van der Waals surface area (Å²) in [5.41, 5.74) is 1.18. The van der Waals surface area contributed by atoms with Gasteiger partial charge in [-0.3, -0.25) is 0 Å². The van der Waals surface area contributed by atoms with Crippen LogP contribution in [0.5, 0.6) is 0 Å². The van der Waals surface area contributed by atoms with E-state index in [9.17, 15) is 0 Å². The lowest BCUT2D eigenvalue weighted by molar-refractivity contribution is 0.484. The maximum absolute atomic E-state index is 5.99. The predicted molar refractivity (Wildman–Crippen MR) is 83.1 cm³/mol. The number of nitrogens with zero attached hydrogens (tertiary/aromatic N) is 1. The summed E-state index contributed by atoms with van der Waals surface area (Å²) in [5, 5.41) is 0.769. The molecule has 1 aliphatic rings. The molecule has 1 aromatic heterocycles. The van der Waals surface area contributed by atoms with Crippen LogP contribution in [-0.4, -0.2) is 6.04 Å². The smallest absolute Gasteiger partial charge is 0.123 e. The molecule has 0 saturated carbocycles. The van der Waals surface area contributed by atoms with Crippen LogP contribution >= 0.6 is 11.6 Å². The highest BCUT2D eigenvalue weighted by Gasteiger charge is 2.19. The van der Waals surface area contributed by atoms with Gasteiger partial charge in [-0.2, -0.15) is 0 Å². The van der Waals surface area contributed by atoms with Gasteiger partial charge in [0.2, 0.25) is 0 Å². The first-order valence-corrected chi connectivity index (χ1v) is 7.42. The van der Waals surface area contributed by atoms with Crippen LogP contribution in [0.2, 0.25) is 5.02 Å². The molecule has 0 fully saturated rings. The van der Waals surface area contributed by atoms with Crippen molar-refractivity contribution in [3.63, 3.8) is 0 Å². The third-order valence-electron chi connectivity index (χ3n) is 3.69. The molecule has 20 heavy (non-hydrogen) atoms. The van der Waals surface area contributed by atoms with E-state index in [1.165, 1.54) is 24.9 Å². The van der Waals surface area contributed by atoms with Gasteiger partial charge in [0.25, 0.3) is 0 Å². The minimum absolute atomic E-state index is 0.426. The molecule has 1 heterocycles. The van der Waals surface area contributed by atoms with Gasteiger partial charge < -0.3 is 9.32 Å². The average Bonchev–Trinajstić information content (AvgIpc) is 3.00. The number of hydrogen-bond acceptors (Lipinski definition) is 2. The first-order valence-electron chi connectivity index (χ1n) is 7.04. The first kappa shape index (κ1) is 13.3. The number of halogens is 1. The standard InChI is InChI=1S/C17H18ClNO/c18-14-8-10-16(11-9-14)19(13-17-7-4-12-20-17)15-5-2-1-3-6-15/h2,4-5,7-12,15H,1,3,6,13H2. The van der Waals surface area contributed by atoms with Gasteiger partial charge in [-0.1, -0.05) is 23.8 Å². The Balaban J connectivity index is 1.87. The van der Waals surface area contributed by atoms with Crippen LogP contribution < -0.4 is 4.90 Å². The minimum Gasteiger partial charge on any atom is -0.467 e. The summed E-state index contributed by atoms with van der Waals surface area (Å²) >= 11 is 5.99. The second kappa shape index (κ2) is 6.19. The number of hydrogen-bond donors (Lipinski definition) is 0. The number of rotatable bonds is 4. The van der Waals surface area contributed by atoms with E-state index in [1.807, 2.05) is 24.3 Å². The lowest BCUT2D eigenvalue weighted by atomic mass is 10.0. The summed E-state index contributed by atoms with van der Waals surface area (Å²) in [6.07, 6.45) is 9.92. The minimum atomic E-state index is 0.426. The van der Waals surface area contributed by atoms with Crippen LogP contribution in [0.25, 0.3) is 0 Å². The molecule has 0 amide bonds. The number of furan rings is 1. The maximum Gasteiger partial charge on any atom is 0.123 e. The molecule has 1 aliphatic carbocycles. The molecule has 2 aromatic rings. The van der Waals surface area contributed by atoms with Crippen molar-refractivity contribution in [3.05, 3.63) is 65.6 Å². The van der Waals surface area contributed by atoms with E-state index >= 15 is 0 Å². The molecular weight excluding hydrogens is 270 g/mol. The molecule has 1 atom stereocenters. The molecule has 0 N–H and O–H groups in total. The van der Waals surface area contributed by atoms with Crippen molar-refractivity contribution in [1.29, 1.82) is 0 Å². The number of allylic oxidation sites excluding steroid dienone is 1. The lowest BCUT2D eigenvalue weighted by Gasteiger charge is -2.33. The second-order valence-corrected chi connectivity index (χ2v) is 5.55. The van der Waals surface area contributed by atoms with Crippen LogP contribution in [0.4, 0.5) is 5.69 Å². The molecule has 0 saturated heterocycles. The highest BCUT2D eigenvalue weighted by Crippen LogP contribution is 2.27. The third-order valence-corrected chi connectivity index (χ3v) is 3.95. The fourth-order valence-electron chi connectivity index (χ4n) is 2.66. The van der Waals surface area contributed by atoms with Crippen LogP contribution in [-0.2, 0) is 6.54 Å². The summed E-state index contributed by atoms with van der Waals surface area (Å²) in [6, 6.07) is 12.4. The van der Waals surface area contributed by atoms with E-state index in [-0.39, 0.29) is 0 Å². The molecule has 0 radical (unpaired) electrons. The zero-order valence-electron chi connectivity index (χ0n) is 11.3. The van der Waals surface area contributed by atoms with Crippen LogP contribution in [0.15, 0.2) is 59.2 Å². The van der Waals surface area contributed by atoms with E-state index in [0.29, 0.717) is 6.04 Å². The quantitative estimate of drug-likeness (QED) is 0.732. The Bertz CT molecular complexity index is 559. The van der Waals surface area contributed by atoms with Crippen molar-refractivity contribution in [2.24, 2.45) is 0 Å². The SMILES string of the molecule is Clc1ccc(N(Cc2ccco2)C2C=CCCC2)cc1. The summed E-state index contributed by atoms with van der Waals surface area (Å²) in [5.74, 6) is 0.985. The fourth-order valence-corrected chi connectivity index (χ4v) is 2.78.